The Morgan fingerprint density at radius 1 is 0.839 bits per heavy atom. The minimum atomic E-state index is -4.15. The Bertz CT molecular complexity index is 1250. The Balaban J connectivity index is 2.05. The highest BCUT2D eigenvalue weighted by Gasteiger charge is 2.27. The van der Waals surface area contributed by atoms with Crippen LogP contribution in [0.15, 0.2) is 92.0 Å². The van der Waals surface area contributed by atoms with Crippen molar-refractivity contribution in [2.24, 2.45) is 0 Å². The molecule has 0 atom stereocenters. The van der Waals surface area contributed by atoms with Crippen LogP contribution in [0, 0.1) is 0 Å². The van der Waals surface area contributed by atoms with Gasteiger partial charge in [0, 0.05) is 14.9 Å². The SMILES string of the molecule is O=C(N/C(=C(/Cl)Sc1ccc(Cl)cc1)S(=O)(=O)c1ccccc1)c1ccc(Cl)cc1Cl. The number of halogens is 4. The van der Waals surface area contributed by atoms with Crippen molar-refractivity contribution >= 4 is 73.9 Å². The fourth-order valence-electron chi connectivity index (χ4n) is 2.44. The number of benzene rings is 3. The summed E-state index contributed by atoms with van der Waals surface area (Å²) in [6.07, 6.45) is 0. The quantitative estimate of drug-likeness (QED) is 0.347. The van der Waals surface area contributed by atoms with E-state index in [9.17, 15) is 13.2 Å². The van der Waals surface area contributed by atoms with Crippen molar-refractivity contribution in [1.29, 1.82) is 0 Å². The smallest absolute Gasteiger partial charge is 0.257 e. The summed E-state index contributed by atoms with van der Waals surface area (Å²) in [6.45, 7) is 0. The normalized spacial score (nSPS) is 12.3. The van der Waals surface area contributed by atoms with E-state index in [-0.39, 0.29) is 19.8 Å². The molecule has 0 radical (unpaired) electrons. The van der Waals surface area contributed by atoms with Gasteiger partial charge in [0.25, 0.3) is 5.91 Å². The molecule has 0 spiro atoms. The summed E-state index contributed by atoms with van der Waals surface area (Å²) < 4.78 is 26.4. The Hall–Kier alpha value is -1.67. The van der Waals surface area contributed by atoms with Gasteiger partial charge >= 0.3 is 0 Å². The average Bonchev–Trinajstić information content (AvgIpc) is 2.74. The van der Waals surface area contributed by atoms with E-state index in [1.807, 2.05) is 0 Å². The van der Waals surface area contributed by atoms with Gasteiger partial charge in [0.1, 0.15) is 4.36 Å². The second kappa shape index (κ2) is 10.3. The molecule has 0 bridgehead atoms. The second-order valence-electron chi connectivity index (χ2n) is 6.05. The molecule has 0 fully saturated rings. The van der Waals surface area contributed by atoms with E-state index in [1.165, 1.54) is 30.3 Å². The van der Waals surface area contributed by atoms with Crippen LogP contribution in [-0.4, -0.2) is 14.3 Å². The molecular weight excluding hydrogens is 520 g/mol. The summed E-state index contributed by atoms with van der Waals surface area (Å²) >= 11 is 25.3. The molecule has 160 valence electrons. The number of carbonyl (C=O) groups excluding carboxylic acids is 1. The highest BCUT2D eigenvalue weighted by Crippen LogP contribution is 2.35. The molecule has 0 aliphatic heterocycles. The zero-order chi connectivity index (χ0) is 22.6. The molecule has 3 aromatic carbocycles. The van der Waals surface area contributed by atoms with Gasteiger partial charge in [-0.1, -0.05) is 76.4 Å². The highest BCUT2D eigenvalue weighted by molar-refractivity contribution is 8.06. The molecule has 0 aliphatic rings. The molecule has 1 amide bonds. The van der Waals surface area contributed by atoms with E-state index in [4.69, 9.17) is 46.4 Å². The first-order valence-corrected chi connectivity index (χ1v) is 12.4. The predicted octanol–water partition coefficient (Wildman–Crippen LogP) is 7.01. The monoisotopic (exact) mass is 531 g/mol. The largest absolute Gasteiger partial charge is 0.310 e. The van der Waals surface area contributed by atoms with Gasteiger partial charge in [-0.3, -0.25) is 4.79 Å². The van der Waals surface area contributed by atoms with Gasteiger partial charge in [-0.25, -0.2) is 8.42 Å². The molecule has 0 saturated heterocycles. The maximum absolute atomic E-state index is 13.3. The highest BCUT2D eigenvalue weighted by atomic mass is 35.5. The number of nitrogens with one attached hydrogen (secondary N) is 1. The third-order valence-electron chi connectivity index (χ3n) is 3.92. The van der Waals surface area contributed by atoms with Crippen molar-refractivity contribution in [2.75, 3.05) is 0 Å². The summed E-state index contributed by atoms with van der Waals surface area (Å²) in [5, 5.41) is 2.88. The third-order valence-corrected chi connectivity index (χ3v) is 8.01. The Labute approximate surface area is 204 Å². The van der Waals surface area contributed by atoms with Crippen molar-refractivity contribution in [2.45, 2.75) is 9.79 Å². The Kier molecular flexibility index (Phi) is 7.97. The lowest BCUT2D eigenvalue weighted by molar-refractivity contribution is 0.0968. The van der Waals surface area contributed by atoms with Gasteiger partial charge in [0.05, 0.1) is 15.5 Å². The van der Waals surface area contributed by atoms with Crippen LogP contribution in [0.1, 0.15) is 10.4 Å². The van der Waals surface area contributed by atoms with Crippen LogP contribution in [0.25, 0.3) is 0 Å². The van der Waals surface area contributed by atoms with Crippen molar-refractivity contribution in [3.05, 3.63) is 103 Å². The molecule has 0 heterocycles. The van der Waals surface area contributed by atoms with Crippen molar-refractivity contribution < 1.29 is 13.2 Å². The molecule has 4 nitrogen and oxygen atoms in total. The standard InChI is InChI=1S/C21H13Cl4NO3S2/c22-13-6-9-15(10-7-13)30-19(25)21(31(28,29)16-4-2-1-3-5-16)26-20(27)17-11-8-14(23)12-18(17)24/h1-12H,(H,26,27)/b21-19+. The van der Waals surface area contributed by atoms with E-state index in [1.54, 1.807) is 42.5 Å². The molecule has 0 aliphatic carbocycles. The fraction of sp³-hybridized carbons (Fsp3) is 0. The summed E-state index contributed by atoms with van der Waals surface area (Å²) in [5.74, 6) is -0.744. The van der Waals surface area contributed by atoms with Gasteiger partial charge in [0.15, 0.2) is 5.03 Å². The lowest BCUT2D eigenvalue weighted by Crippen LogP contribution is -2.28. The van der Waals surface area contributed by atoms with Gasteiger partial charge < -0.3 is 5.32 Å². The Morgan fingerprint density at radius 2 is 1.45 bits per heavy atom. The van der Waals surface area contributed by atoms with E-state index < -0.39 is 20.8 Å². The number of carbonyl (C=O) groups is 1. The van der Waals surface area contributed by atoms with Crippen LogP contribution in [0.3, 0.4) is 0 Å². The van der Waals surface area contributed by atoms with Crippen molar-refractivity contribution in [3.8, 4) is 0 Å². The average molecular weight is 533 g/mol. The molecule has 0 aromatic heterocycles. The molecule has 31 heavy (non-hydrogen) atoms. The van der Waals surface area contributed by atoms with E-state index >= 15 is 0 Å². The minimum absolute atomic E-state index is 0.0256. The lowest BCUT2D eigenvalue weighted by atomic mass is 10.2. The molecule has 1 N–H and O–H groups in total. The summed E-state index contributed by atoms with van der Waals surface area (Å²) in [6, 6.07) is 18.5. The zero-order valence-electron chi connectivity index (χ0n) is 15.5. The van der Waals surface area contributed by atoms with Crippen molar-refractivity contribution in [1.82, 2.24) is 5.32 Å². The third kappa shape index (κ3) is 5.98. The number of rotatable bonds is 6. The van der Waals surface area contributed by atoms with E-state index in [0.29, 0.717) is 14.9 Å². The lowest BCUT2D eigenvalue weighted by Gasteiger charge is -2.14. The van der Waals surface area contributed by atoms with Crippen LogP contribution in [-0.2, 0) is 9.84 Å². The van der Waals surface area contributed by atoms with Gasteiger partial charge in [0.2, 0.25) is 9.84 Å². The van der Waals surface area contributed by atoms with E-state index in [0.717, 1.165) is 11.8 Å². The van der Waals surface area contributed by atoms with Crippen LogP contribution in [0.2, 0.25) is 15.1 Å². The topological polar surface area (TPSA) is 63.2 Å². The first-order chi connectivity index (χ1) is 14.7. The van der Waals surface area contributed by atoms with Gasteiger partial charge in [-0.2, -0.15) is 0 Å². The Morgan fingerprint density at radius 3 is 2.06 bits per heavy atom. The summed E-state index contributed by atoms with van der Waals surface area (Å²) in [7, 11) is -4.15. The van der Waals surface area contributed by atoms with Crippen LogP contribution >= 0.6 is 58.2 Å². The fourth-order valence-corrected chi connectivity index (χ4v) is 5.94. The summed E-state index contributed by atoms with van der Waals surface area (Å²) in [4.78, 5) is 13.5. The van der Waals surface area contributed by atoms with Gasteiger partial charge in [-0.05, 0) is 54.6 Å². The number of thioether (sulfide) groups is 1. The maximum atomic E-state index is 13.3. The molecule has 0 saturated carbocycles. The first kappa shape index (κ1) is 24.0. The van der Waals surface area contributed by atoms with Crippen LogP contribution in [0.5, 0.6) is 0 Å². The second-order valence-corrected chi connectivity index (χ2v) is 10.9. The number of sulfone groups is 1. The molecule has 3 rings (SSSR count). The molecule has 10 heteroatoms. The maximum Gasteiger partial charge on any atom is 0.257 e. The summed E-state index contributed by atoms with van der Waals surface area (Å²) in [5.41, 5.74) is 0.0489. The first-order valence-electron chi connectivity index (χ1n) is 8.58. The van der Waals surface area contributed by atoms with Crippen LogP contribution < -0.4 is 5.32 Å². The number of hydrogen-bond acceptors (Lipinski definition) is 4. The number of hydrogen-bond donors (Lipinski definition) is 1. The molecular formula is C21H13Cl4NO3S2. The van der Waals surface area contributed by atoms with E-state index in [2.05, 4.69) is 5.32 Å². The minimum Gasteiger partial charge on any atom is -0.310 e. The van der Waals surface area contributed by atoms with Crippen LogP contribution in [0.4, 0.5) is 0 Å². The molecule has 3 aromatic rings. The molecule has 0 unspecified atom stereocenters. The van der Waals surface area contributed by atoms with Gasteiger partial charge in [-0.15, -0.1) is 0 Å². The van der Waals surface area contributed by atoms with Crippen molar-refractivity contribution in [3.63, 3.8) is 0 Å². The number of amides is 1. The zero-order valence-corrected chi connectivity index (χ0v) is 20.1. The predicted molar refractivity (Wildman–Crippen MR) is 128 cm³/mol.